The average molecular weight is 403 g/mol. The molecule has 0 unspecified atom stereocenters. The molecule has 4 rings (SSSR count). The number of rotatable bonds is 6. The fourth-order valence-corrected chi connectivity index (χ4v) is 8.50. The van der Waals surface area contributed by atoms with Crippen LogP contribution >= 0.6 is 0 Å². The molecule has 9 atom stereocenters. The fourth-order valence-electron chi connectivity index (χ4n) is 8.50. The van der Waals surface area contributed by atoms with Crippen LogP contribution in [0.15, 0.2) is 11.6 Å². The van der Waals surface area contributed by atoms with Crippen molar-refractivity contribution in [2.75, 3.05) is 0 Å². The molecule has 3 saturated carbocycles. The van der Waals surface area contributed by atoms with Gasteiger partial charge in [-0.3, -0.25) is 0 Å². The first-order chi connectivity index (χ1) is 13.8. The van der Waals surface area contributed by atoms with Gasteiger partial charge in [-0.2, -0.15) is 0 Å². The van der Waals surface area contributed by atoms with Gasteiger partial charge in [-0.1, -0.05) is 39.3 Å². The molecular formula is C27H46O2. The summed E-state index contributed by atoms with van der Waals surface area (Å²) in [4.78, 5) is 0. The van der Waals surface area contributed by atoms with Crippen LogP contribution in [-0.2, 0) is 0 Å². The molecule has 0 aromatic carbocycles. The molecule has 0 aliphatic heterocycles. The highest BCUT2D eigenvalue weighted by atomic mass is 16.3. The molecule has 2 heteroatoms. The van der Waals surface area contributed by atoms with E-state index in [1.54, 1.807) is 5.57 Å². The van der Waals surface area contributed by atoms with E-state index in [0.717, 1.165) is 67.6 Å². The third kappa shape index (κ3) is 3.86. The lowest BCUT2D eigenvalue weighted by Gasteiger charge is -2.55. The van der Waals surface area contributed by atoms with Crippen LogP contribution in [-0.4, -0.2) is 21.9 Å². The fraction of sp³-hybridized carbons (Fsp3) is 0.926. The van der Waals surface area contributed by atoms with Crippen LogP contribution in [0, 0.1) is 40.9 Å². The summed E-state index contributed by atoms with van der Waals surface area (Å²) in [5.74, 6) is 5.01. The number of hydrogen-bond donors (Lipinski definition) is 2. The smallest absolute Gasteiger partial charge is 0.0682 e. The Morgan fingerprint density at radius 1 is 1.07 bits per heavy atom. The van der Waals surface area contributed by atoms with Gasteiger partial charge in [0, 0.05) is 0 Å². The molecule has 0 amide bonds. The molecule has 0 heterocycles. The Balaban J connectivity index is 1.46. The predicted molar refractivity (Wildman–Crippen MR) is 121 cm³/mol. The molecule has 3 fully saturated rings. The van der Waals surface area contributed by atoms with Crippen molar-refractivity contribution in [2.45, 2.75) is 116 Å². The lowest BCUT2D eigenvalue weighted by atomic mass is 9.50. The van der Waals surface area contributed by atoms with E-state index in [9.17, 15) is 10.2 Å². The van der Waals surface area contributed by atoms with Gasteiger partial charge in [0.2, 0.25) is 0 Å². The molecule has 0 aromatic heterocycles. The van der Waals surface area contributed by atoms with E-state index in [4.69, 9.17) is 0 Å². The molecule has 0 spiro atoms. The van der Waals surface area contributed by atoms with Gasteiger partial charge in [-0.15, -0.1) is 0 Å². The number of aliphatic hydroxyl groups is 2. The lowest BCUT2D eigenvalue weighted by Crippen LogP contribution is -2.48. The number of allylic oxidation sites excluding steroid dienone is 1. The highest BCUT2D eigenvalue weighted by Crippen LogP contribution is 2.65. The maximum Gasteiger partial charge on any atom is 0.0682 e. The van der Waals surface area contributed by atoms with Gasteiger partial charge in [0.1, 0.15) is 0 Å². The maximum absolute atomic E-state index is 10.9. The third-order valence-electron chi connectivity index (χ3n) is 10.4. The Bertz CT molecular complexity index is 612. The van der Waals surface area contributed by atoms with Crippen LogP contribution in [0.25, 0.3) is 0 Å². The summed E-state index contributed by atoms with van der Waals surface area (Å²) in [6, 6.07) is 0. The monoisotopic (exact) mass is 402 g/mol. The first-order valence-electron chi connectivity index (χ1n) is 12.9. The zero-order valence-electron chi connectivity index (χ0n) is 19.5. The van der Waals surface area contributed by atoms with Crippen molar-refractivity contribution in [3.63, 3.8) is 0 Å². The molecular weight excluding hydrogens is 356 g/mol. The van der Waals surface area contributed by atoms with E-state index in [1.165, 1.54) is 44.9 Å². The molecule has 2 N–H and O–H groups in total. The normalized spacial score (nSPS) is 46.3. The van der Waals surface area contributed by atoms with E-state index in [1.807, 2.05) is 0 Å². The van der Waals surface area contributed by atoms with Crippen LogP contribution in [0.4, 0.5) is 0 Å². The van der Waals surface area contributed by atoms with E-state index in [0.29, 0.717) is 5.41 Å². The Labute approximate surface area is 179 Å². The van der Waals surface area contributed by atoms with Crippen LogP contribution in [0.3, 0.4) is 0 Å². The largest absolute Gasteiger partial charge is 0.393 e. The van der Waals surface area contributed by atoms with Crippen LogP contribution in [0.5, 0.6) is 0 Å². The standard InChI is InChI=1S/C27H46O2/c1-5-20(28)9-7-18(3)24-11-12-25-23-10-8-19-17-27(29,6-2)16-14-21(19)22(23)13-15-26(24,25)4/h8,18,20-25,28-29H,5-7,9-17H2,1-4H3/t18-,20-,21+,22-,23-,24-,25+,26-,27+/m1/s1. The van der Waals surface area contributed by atoms with E-state index in [-0.39, 0.29) is 6.10 Å². The predicted octanol–water partition coefficient (Wildman–Crippen LogP) is 6.50. The van der Waals surface area contributed by atoms with Gasteiger partial charge in [0.15, 0.2) is 0 Å². The van der Waals surface area contributed by atoms with Gasteiger partial charge in [-0.05, 0) is 118 Å². The van der Waals surface area contributed by atoms with E-state index < -0.39 is 5.60 Å². The molecule has 0 aromatic rings. The Morgan fingerprint density at radius 3 is 2.59 bits per heavy atom. The summed E-state index contributed by atoms with van der Waals surface area (Å²) in [5.41, 5.74) is 1.71. The van der Waals surface area contributed by atoms with E-state index >= 15 is 0 Å². The molecule has 4 aliphatic rings. The molecule has 0 saturated heterocycles. The molecule has 29 heavy (non-hydrogen) atoms. The van der Waals surface area contributed by atoms with Crippen molar-refractivity contribution >= 4 is 0 Å². The molecule has 0 radical (unpaired) electrons. The summed E-state index contributed by atoms with van der Waals surface area (Å²) >= 11 is 0. The van der Waals surface area contributed by atoms with Gasteiger partial charge in [0.25, 0.3) is 0 Å². The first-order valence-corrected chi connectivity index (χ1v) is 12.9. The second kappa shape index (κ2) is 8.30. The lowest BCUT2D eigenvalue weighted by molar-refractivity contribution is -0.0464. The second-order valence-corrected chi connectivity index (χ2v) is 11.7. The van der Waals surface area contributed by atoms with Crippen molar-refractivity contribution in [3.8, 4) is 0 Å². The van der Waals surface area contributed by atoms with Crippen molar-refractivity contribution in [2.24, 2.45) is 40.9 Å². The van der Waals surface area contributed by atoms with Crippen molar-refractivity contribution in [1.29, 1.82) is 0 Å². The zero-order chi connectivity index (χ0) is 20.8. The SMILES string of the molecule is CC[C@@H](O)CC[C@@H](C)[C@H]1CC[C@H]2[C@@H]3CC=C4C[C@](O)(CC)CC[C@@H]4[C@H]3CC[C@]12C. The molecule has 2 nitrogen and oxygen atoms in total. The van der Waals surface area contributed by atoms with Crippen molar-refractivity contribution < 1.29 is 10.2 Å². The van der Waals surface area contributed by atoms with Gasteiger partial charge in [0.05, 0.1) is 11.7 Å². The van der Waals surface area contributed by atoms with Crippen LogP contribution < -0.4 is 0 Å². The quantitative estimate of drug-likeness (QED) is 0.498. The van der Waals surface area contributed by atoms with Crippen LogP contribution in [0.2, 0.25) is 0 Å². The van der Waals surface area contributed by atoms with Gasteiger partial charge >= 0.3 is 0 Å². The number of aliphatic hydroxyl groups excluding tert-OH is 1. The highest BCUT2D eigenvalue weighted by molar-refractivity contribution is 5.22. The maximum atomic E-state index is 10.9. The van der Waals surface area contributed by atoms with Crippen molar-refractivity contribution in [1.82, 2.24) is 0 Å². The molecule has 166 valence electrons. The Kier molecular flexibility index (Phi) is 6.26. The topological polar surface area (TPSA) is 40.5 Å². The highest BCUT2D eigenvalue weighted by Gasteiger charge is 2.57. The zero-order valence-corrected chi connectivity index (χ0v) is 19.5. The van der Waals surface area contributed by atoms with E-state index in [2.05, 4.69) is 33.8 Å². The summed E-state index contributed by atoms with van der Waals surface area (Å²) in [5, 5.41) is 20.9. The first kappa shape index (κ1) is 21.9. The average Bonchev–Trinajstić information content (AvgIpc) is 3.08. The van der Waals surface area contributed by atoms with Gasteiger partial charge < -0.3 is 10.2 Å². The summed E-state index contributed by atoms with van der Waals surface area (Å²) < 4.78 is 0. The minimum absolute atomic E-state index is 0.104. The Morgan fingerprint density at radius 2 is 1.86 bits per heavy atom. The van der Waals surface area contributed by atoms with Crippen molar-refractivity contribution in [3.05, 3.63) is 11.6 Å². The van der Waals surface area contributed by atoms with Gasteiger partial charge in [-0.25, -0.2) is 0 Å². The molecule has 0 bridgehead atoms. The van der Waals surface area contributed by atoms with Crippen LogP contribution in [0.1, 0.15) is 105 Å². The molecule has 4 aliphatic carbocycles. The minimum atomic E-state index is -0.421. The Hall–Kier alpha value is -0.340. The summed E-state index contributed by atoms with van der Waals surface area (Å²) in [6.07, 6.45) is 16.5. The second-order valence-electron chi connectivity index (χ2n) is 11.7. The number of hydrogen-bond acceptors (Lipinski definition) is 2. The minimum Gasteiger partial charge on any atom is -0.393 e. The summed E-state index contributed by atoms with van der Waals surface area (Å²) in [7, 11) is 0. The summed E-state index contributed by atoms with van der Waals surface area (Å²) in [6.45, 7) is 9.35. The number of fused-ring (bicyclic) bond motifs is 5. The third-order valence-corrected chi connectivity index (χ3v) is 10.4.